The van der Waals surface area contributed by atoms with Crippen molar-refractivity contribution < 1.29 is 23.9 Å². The lowest BCUT2D eigenvalue weighted by atomic mass is 9.96. The summed E-state index contributed by atoms with van der Waals surface area (Å²) in [6.45, 7) is 0.0171. The summed E-state index contributed by atoms with van der Waals surface area (Å²) in [7, 11) is 1.15. The highest BCUT2D eigenvalue weighted by Gasteiger charge is 2.50. The van der Waals surface area contributed by atoms with Crippen LogP contribution in [0, 0.1) is 0 Å². The van der Waals surface area contributed by atoms with Gasteiger partial charge in [0.15, 0.2) is 5.78 Å². The summed E-state index contributed by atoms with van der Waals surface area (Å²) in [5, 5.41) is 0. The third kappa shape index (κ3) is 3.39. The summed E-state index contributed by atoms with van der Waals surface area (Å²) >= 11 is 6.06. The Kier molecular flexibility index (Phi) is 5.03. The maximum atomic E-state index is 12.1. The molecule has 1 aromatic carbocycles. The number of Topliss-reactive ketones (excluding diaryl/α,β-unsaturated/α-hetero) is 1. The number of carbonyl (C=O) groups is 3. The SMILES string of the molecule is COC(=O)C1(Cl)CN(C(=O)OCc2ccccc2)CCC1=O. The molecule has 7 heteroatoms. The van der Waals surface area contributed by atoms with E-state index < -0.39 is 22.7 Å². The van der Waals surface area contributed by atoms with Crippen molar-refractivity contribution in [2.75, 3.05) is 20.2 Å². The van der Waals surface area contributed by atoms with Gasteiger partial charge in [-0.05, 0) is 5.56 Å². The molecule has 1 fully saturated rings. The van der Waals surface area contributed by atoms with Gasteiger partial charge in [-0.25, -0.2) is 9.59 Å². The first-order valence-corrected chi connectivity index (χ1v) is 7.11. The summed E-state index contributed by atoms with van der Waals surface area (Å²) < 4.78 is 9.72. The molecule has 0 spiro atoms. The zero-order valence-electron chi connectivity index (χ0n) is 12.1. The number of ether oxygens (including phenoxy) is 2. The number of benzene rings is 1. The maximum absolute atomic E-state index is 12.1. The molecule has 1 aliphatic heterocycles. The Morgan fingerprint density at radius 2 is 2.00 bits per heavy atom. The van der Waals surface area contributed by atoms with Gasteiger partial charge in [0.05, 0.1) is 13.7 Å². The van der Waals surface area contributed by atoms with Crippen LogP contribution in [-0.4, -0.2) is 47.8 Å². The van der Waals surface area contributed by atoms with Gasteiger partial charge < -0.3 is 14.4 Å². The van der Waals surface area contributed by atoms with E-state index in [2.05, 4.69) is 4.74 Å². The highest BCUT2D eigenvalue weighted by atomic mass is 35.5. The minimum absolute atomic E-state index is 0.0148. The van der Waals surface area contributed by atoms with Gasteiger partial charge in [0.1, 0.15) is 6.61 Å². The van der Waals surface area contributed by atoms with Crippen LogP contribution in [0.5, 0.6) is 0 Å². The van der Waals surface area contributed by atoms with Gasteiger partial charge in [0, 0.05) is 13.0 Å². The van der Waals surface area contributed by atoms with E-state index in [0.717, 1.165) is 12.7 Å². The molecular formula is C15H16ClNO5. The molecule has 22 heavy (non-hydrogen) atoms. The van der Waals surface area contributed by atoms with Crippen LogP contribution < -0.4 is 0 Å². The summed E-state index contributed by atoms with van der Waals surface area (Å²) in [5.41, 5.74) is 0.842. The maximum Gasteiger partial charge on any atom is 0.410 e. The largest absolute Gasteiger partial charge is 0.467 e. The van der Waals surface area contributed by atoms with E-state index in [1.807, 2.05) is 30.3 Å². The Morgan fingerprint density at radius 1 is 1.32 bits per heavy atom. The first-order valence-electron chi connectivity index (χ1n) is 6.73. The third-order valence-corrected chi connectivity index (χ3v) is 3.92. The van der Waals surface area contributed by atoms with E-state index in [1.165, 1.54) is 4.90 Å². The Balaban J connectivity index is 1.98. The van der Waals surface area contributed by atoms with E-state index in [1.54, 1.807) is 0 Å². The van der Waals surface area contributed by atoms with Crippen LogP contribution in [0.4, 0.5) is 4.79 Å². The van der Waals surface area contributed by atoms with E-state index >= 15 is 0 Å². The number of alkyl halides is 1. The smallest absolute Gasteiger partial charge is 0.410 e. The second-order valence-corrected chi connectivity index (χ2v) is 5.57. The monoisotopic (exact) mass is 325 g/mol. The second-order valence-electron chi connectivity index (χ2n) is 4.93. The lowest BCUT2D eigenvalue weighted by Crippen LogP contribution is -2.57. The van der Waals surface area contributed by atoms with Gasteiger partial charge >= 0.3 is 12.1 Å². The minimum atomic E-state index is -1.85. The number of esters is 1. The van der Waals surface area contributed by atoms with Crippen molar-refractivity contribution in [3.63, 3.8) is 0 Å². The number of halogens is 1. The van der Waals surface area contributed by atoms with Gasteiger partial charge in [-0.1, -0.05) is 41.9 Å². The standard InChI is InChI=1S/C15H16ClNO5/c1-21-13(19)15(16)10-17(8-7-12(15)18)14(20)22-9-11-5-3-2-4-6-11/h2-6H,7-10H2,1H3. The quantitative estimate of drug-likeness (QED) is 0.481. The van der Waals surface area contributed by atoms with E-state index in [9.17, 15) is 14.4 Å². The number of ketones is 1. The van der Waals surface area contributed by atoms with Gasteiger partial charge in [-0.2, -0.15) is 0 Å². The van der Waals surface area contributed by atoms with Crippen LogP contribution in [0.1, 0.15) is 12.0 Å². The van der Waals surface area contributed by atoms with E-state index in [0.29, 0.717) is 0 Å². The number of amides is 1. The normalized spacial score (nSPS) is 21.4. The molecule has 0 bridgehead atoms. The molecule has 1 amide bonds. The fraction of sp³-hybridized carbons (Fsp3) is 0.400. The number of nitrogens with zero attached hydrogens (tertiary/aromatic N) is 1. The topological polar surface area (TPSA) is 72.9 Å². The predicted molar refractivity (Wildman–Crippen MR) is 78.4 cm³/mol. The average Bonchev–Trinajstić information content (AvgIpc) is 2.55. The highest BCUT2D eigenvalue weighted by molar-refractivity contribution is 6.46. The molecule has 1 aromatic rings. The molecule has 0 N–H and O–H groups in total. The van der Waals surface area contributed by atoms with E-state index in [4.69, 9.17) is 16.3 Å². The van der Waals surface area contributed by atoms with Crippen molar-refractivity contribution in [2.45, 2.75) is 17.9 Å². The average molecular weight is 326 g/mol. The molecule has 118 valence electrons. The van der Waals surface area contributed by atoms with Crippen LogP contribution in [0.15, 0.2) is 30.3 Å². The number of rotatable bonds is 3. The molecule has 6 nitrogen and oxygen atoms in total. The van der Waals surface area contributed by atoms with E-state index in [-0.39, 0.29) is 26.1 Å². The van der Waals surface area contributed by atoms with Crippen LogP contribution in [0.2, 0.25) is 0 Å². The molecule has 1 heterocycles. The van der Waals surface area contributed by atoms with Crippen molar-refractivity contribution in [3.05, 3.63) is 35.9 Å². The molecule has 1 unspecified atom stereocenters. The fourth-order valence-electron chi connectivity index (χ4n) is 2.17. The Hall–Kier alpha value is -2.08. The Bertz CT molecular complexity index is 567. The number of hydrogen-bond acceptors (Lipinski definition) is 5. The molecule has 0 saturated carbocycles. The molecule has 1 saturated heterocycles. The van der Waals surface area contributed by atoms with Gasteiger partial charge in [-0.15, -0.1) is 0 Å². The minimum Gasteiger partial charge on any atom is -0.467 e. The second kappa shape index (κ2) is 6.79. The van der Waals surface area contributed by atoms with Crippen LogP contribution in [0.3, 0.4) is 0 Å². The van der Waals surface area contributed by atoms with Crippen molar-refractivity contribution in [3.8, 4) is 0 Å². The van der Waals surface area contributed by atoms with Gasteiger partial charge in [0.2, 0.25) is 4.87 Å². The first-order chi connectivity index (χ1) is 10.5. The summed E-state index contributed by atoms with van der Waals surface area (Å²) in [4.78, 5) is 35.0. The van der Waals surface area contributed by atoms with Crippen molar-refractivity contribution in [2.24, 2.45) is 0 Å². The number of likely N-dealkylation sites (tertiary alicyclic amines) is 1. The molecule has 2 rings (SSSR count). The molecule has 0 radical (unpaired) electrons. The summed E-state index contributed by atoms with van der Waals surface area (Å²) in [6.07, 6.45) is -0.635. The number of carbonyl (C=O) groups excluding carboxylic acids is 3. The fourth-order valence-corrected chi connectivity index (χ4v) is 2.49. The highest BCUT2D eigenvalue weighted by Crippen LogP contribution is 2.27. The van der Waals surface area contributed by atoms with Crippen molar-refractivity contribution in [1.82, 2.24) is 4.90 Å². The zero-order valence-corrected chi connectivity index (χ0v) is 12.8. The number of methoxy groups -OCH3 is 1. The molecule has 1 atom stereocenters. The molecule has 0 aliphatic carbocycles. The van der Waals surface area contributed by atoms with Crippen LogP contribution in [-0.2, 0) is 25.7 Å². The van der Waals surface area contributed by atoms with Crippen LogP contribution >= 0.6 is 11.6 Å². The number of piperidine rings is 1. The van der Waals surface area contributed by atoms with Crippen molar-refractivity contribution in [1.29, 1.82) is 0 Å². The summed E-state index contributed by atoms with van der Waals surface area (Å²) in [5.74, 6) is -1.31. The number of hydrogen-bond donors (Lipinski definition) is 0. The predicted octanol–water partition coefficient (Wildman–Crippen LogP) is 1.75. The first kappa shape index (κ1) is 16.3. The molecule has 0 aromatic heterocycles. The Labute approximate surface area is 132 Å². The molecular weight excluding hydrogens is 310 g/mol. The van der Waals surface area contributed by atoms with Gasteiger partial charge in [-0.3, -0.25) is 4.79 Å². The van der Waals surface area contributed by atoms with Crippen LogP contribution in [0.25, 0.3) is 0 Å². The summed E-state index contributed by atoms with van der Waals surface area (Å²) in [6, 6.07) is 9.19. The zero-order chi connectivity index (χ0) is 16.2. The van der Waals surface area contributed by atoms with Gasteiger partial charge in [0.25, 0.3) is 0 Å². The van der Waals surface area contributed by atoms with Crippen molar-refractivity contribution >= 4 is 29.4 Å². The lowest BCUT2D eigenvalue weighted by Gasteiger charge is -2.34. The Morgan fingerprint density at radius 3 is 2.64 bits per heavy atom. The molecule has 1 aliphatic rings. The lowest BCUT2D eigenvalue weighted by molar-refractivity contribution is -0.149. The third-order valence-electron chi connectivity index (χ3n) is 3.43.